The number of benzene rings is 1. The normalized spacial score (nSPS) is 22.1. The van der Waals surface area contributed by atoms with Crippen molar-refractivity contribution in [3.63, 3.8) is 0 Å². The monoisotopic (exact) mass is 271 g/mol. The Hall–Kier alpha value is -2.14. The number of nitrogens with two attached hydrogens (primary N) is 1. The summed E-state index contributed by atoms with van der Waals surface area (Å²) in [6, 6.07) is 13.5. The highest BCUT2D eigenvalue weighted by Gasteiger charge is 2.45. The quantitative estimate of drug-likeness (QED) is 0.891. The fourth-order valence-corrected chi connectivity index (χ4v) is 3.08. The van der Waals surface area contributed by atoms with E-state index in [9.17, 15) is 4.79 Å². The Morgan fingerprint density at radius 2 is 2.00 bits per heavy atom. The van der Waals surface area contributed by atoms with Crippen molar-refractivity contribution in [2.24, 2.45) is 10.7 Å². The van der Waals surface area contributed by atoms with E-state index in [-0.39, 0.29) is 11.9 Å². The molecule has 2 heterocycles. The summed E-state index contributed by atoms with van der Waals surface area (Å²) in [6.07, 6.45) is 0.529. The second kappa shape index (κ2) is 4.51. The molecule has 0 spiro atoms. The van der Waals surface area contributed by atoms with Gasteiger partial charge in [0.05, 0.1) is 0 Å². The van der Waals surface area contributed by atoms with Crippen LogP contribution < -0.4 is 11.1 Å². The van der Waals surface area contributed by atoms with Crippen LogP contribution in [-0.2, 0) is 16.8 Å². The molecule has 0 saturated heterocycles. The lowest BCUT2D eigenvalue weighted by molar-refractivity contribution is -0.124. The van der Waals surface area contributed by atoms with E-state index in [2.05, 4.69) is 10.3 Å². The Morgan fingerprint density at radius 3 is 2.58 bits per heavy atom. The van der Waals surface area contributed by atoms with Crippen molar-refractivity contribution in [3.8, 4) is 0 Å². The summed E-state index contributed by atoms with van der Waals surface area (Å²) in [5.74, 6) is 0.0232. The van der Waals surface area contributed by atoms with E-state index in [1.807, 2.05) is 47.8 Å². The molecule has 0 saturated carbocycles. The molecular formula is C14H13N3OS. The highest BCUT2D eigenvalue weighted by Crippen LogP contribution is 2.34. The van der Waals surface area contributed by atoms with E-state index in [0.29, 0.717) is 6.42 Å². The van der Waals surface area contributed by atoms with Crippen LogP contribution >= 0.6 is 11.3 Å². The Balaban J connectivity index is 2.09. The summed E-state index contributed by atoms with van der Waals surface area (Å²) in [6.45, 7) is 0. The molecule has 4 nitrogen and oxygen atoms in total. The van der Waals surface area contributed by atoms with Gasteiger partial charge in [-0.05, 0) is 17.0 Å². The minimum atomic E-state index is -0.934. The average molecular weight is 271 g/mol. The van der Waals surface area contributed by atoms with Crippen molar-refractivity contribution in [2.45, 2.75) is 12.0 Å². The van der Waals surface area contributed by atoms with Gasteiger partial charge in [0.25, 0.3) is 5.91 Å². The zero-order chi connectivity index (χ0) is 13.3. The van der Waals surface area contributed by atoms with Crippen molar-refractivity contribution in [1.29, 1.82) is 0 Å². The van der Waals surface area contributed by atoms with Crippen LogP contribution in [0.5, 0.6) is 0 Å². The number of carbonyl (C=O) groups is 1. The first-order valence-corrected chi connectivity index (χ1v) is 6.83. The van der Waals surface area contributed by atoms with Crippen LogP contribution in [0.4, 0.5) is 0 Å². The van der Waals surface area contributed by atoms with Crippen LogP contribution in [0.1, 0.15) is 10.4 Å². The first-order valence-electron chi connectivity index (χ1n) is 5.95. The van der Waals surface area contributed by atoms with Gasteiger partial charge in [-0.15, -0.1) is 11.3 Å². The van der Waals surface area contributed by atoms with Gasteiger partial charge in [0.2, 0.25) is 0 Å². The van der Waals surface area contributed by atoms with Crippen molar-refractivity contribution in [3.05, 3.63) is 58.3 Å². The van der Waals surface area contributed by atoms with Gasteiger partial charge >= 0.3 is 0 Å². The van der Waals surface area contributed by atoms with Crippen LogP contribution in [-0.4, -0.2) is 11.9 Å². The molecule has 3 rings (SSSR count). The van der Waals surface area contributed by atoms with Gasteiger partial charge in [0.1, 0.15) is 0 Å². The number of amides is 1. The average Bonchev–Trinajstić information content (AvgIpc) is 3.00. The lowest BCUT2D eigenvalue weighted by Gasteiger charge is -2.23. The zero-order valence-electron chi connectivity index (χ0n) is 10.2. The predicted octanol–water partition coefficient (Wildman–Crippen LogP) is 1.63. The van der Waals surface area contributed by atoms with Crippen molar-refractivity contribution in [2.75, 3.05) is 0 Å². The van der Waals surface area contributed by atoms with Crippen LogP contribution in [0, 0.1) is 0 Å². The highest BCUT2D eigenvalue weighted by molar-refractivity contribution is 7.09. The summed E-state index contributed by atoms with van der Waals surface area (Å²) in [5, 5.41) is 4.61. The Labute approximate surface area is 115 Å². The number of hydrogen-bond acceptors (Lipinski definition) is 4. The number of thiophene rings is 1. The number of aliphatic imine (C=N–C) groups is 1. The molecule has 0 aliphatic carbocycles. The van der Waals surface area contributed by atoms with Crippen LogP contribution in [0.3, 0.4) is 0 Å². The topological polar surface area (TPSA) is 67.5 Å². The number of carbonyl (C=O) groups excluding carboxylic acids is 1. The number of hydrogen-bond donors (Lipinski definition) is 2. The summed E-state index contributed by atoms with van der Waals surface area (Å²) in [5.41, 5.74) is 5.62. The molecule has 5 heteroatoms. The molecule has 1 aromatic carbocycles. The smallest absolute Gasteiger partial charge is 0.259 e. The van der Waals surface area contributed by atoms with Gasteiger partial charge in [0, 0.05) is 11.3 Å². The number of nitrogens with zero attached hydrogens (tertiary/aromatic N) is 1. The standard InChI is InChI=1S/C14H13N3OS/c15-13-16-12(18)14(17-13,9-11-7-4-8-19-11)10-5-2-1-3-6-10/h1-8H,9H2,(H3,15,16,17,18). The van der Waals surface area contributed by atoms with Gasteiger partial charge in [-0.3, -0.25) is 10.1 Å². The fourth-order valence-electron chi connectivity index (χ4n) is 2.30. The van der Waals surface area contributed by atoms with Crippen molar-refractivity contribution >= 4 is 23.2 Å². The molecule has 1 amide bonds. The van der Waals surface area contributed by atoms with Gasteiger partial charge in [-0.1, -0.05) is 36.4 Å². The van der Waals surface area contributed by atoms with E-state index in [0.717, 1.165) is 10.4 Å². The zero-order valence-corrected chi connectivity index (χ0v) is 11.0. The fraction of sp³-hybridized carbons (Fsp3) is 0.143. The summed E-state index contributed by atoms with van der Waals surface area (Å²) >= 11 is 1.62. The molecule has 0 fully saturated rings. The number of guanidine groups is 1. The third-order valence-corrected chi connectivity index (χ3v) is 4.07. The molecule has 1 aliphatic heterocycles. The lowest BCUT2D eigenvalue weighted by Crippen LogP contribution is -2.40. The molecule has 3 N–H and O–H groups in total. The molecule has 1 unspecified atom stereocenters. The molecule has 1 aliphatic rings. The summed E-state index contributed by atoms with van der Waals surface area (Å²) in [7, 11) is 0. The summed E-state index contributed by atoms with van der Waals surface area (Å²) in [4.78, 5) is 17.8. The van der Waals surface area contributed by atoms with E-state index in [4.69, 9.17) is 5.73 Å². The number of rotatable bonds is 3. The van der Waals surface area contributed by atoms with Crippen LogP contribution in [0.25, 0.3) is 0 Å². The molecule has 1 aromatic heterocycles. The Morgan fingerprint density at radius 1 is 1.21 bits per heavy atom. The second-order valence-electron chi connectivity index (χ2n) is 4.43. The second-order valence-corrected chi connectivity index (χ2v) is 5.47. The third kappa shape index (κ3) is 2.02. The molecular weight excluding hydrogens is 258 g/mol. The van der Waals surface area contributed by atoms with E-state index in [1.165, 1.54) is 0 Å². The Kier molecular flexibility index (Phi) is 2.83. The molecule has 19 heavy (non-hydrogen) atoms. The van der Waals surface area contributed by atoms with Gasteiger partial charge in [0.15, 0.2) is 11.5 Å². The maximum Gasteiger partial charge on any atom is 0.259 e. The molecule has 0 radical (unpaired) electrons. The largest absolute Gasteiger partial charge is 0.370 e. The lowest BCUT2D eigenvalue weighted by atomic mass is 9.86. The van der Waals surface area contributed by atoms with E-state index >= 15 is 0 Å². The molecule has 1 atom stereocenters. The highest BCUT2D eigenvalue weighted by atomic mass is 32.1. The predicted molar refractivity (Wildman–Crippen MR) is 75.9 cm³/mol. The third-order valence-electron chi connectivity index (χ3n) is 3.19. The van der Waals surface area contributed by atoms with E-state index in [1.54, 1.807) is 11.3 Å². The van der Waals surface area contributed by atoms with Crippen molar-refractivity contribution < 1.29 is 4.79 Å². The van der Waals surface area contributed by atoms with Crippen molar-refractivity contribution in [1.82, 2.24) is 5.32 Å². The van der Waals surface area contributed by atoms with E-state index < -0.39 is 5.54 Å². The van der Waals surface area contributed by atoms with Gasteiger partial charge in [-0.25, -0.2) is 4.99 Å². The first kappa shape index (κ1) is 11.9. The summed E-state index contributed by atoms with van der Waals surface area (Å²) < 4.78 is 0. The van der Waals surface area contributed by atoms with Crippen LogP contribution in [0.15, 0.2) is 52.8 Å². The SMILES string of the molecule is NC1=NC(Cc2cccs2)(c2ccccc2)C(=O)N1. The van der Waals surface area contributed by atoms with Gasteiger partial charge < -0.3 is 5.73 Å². The first-order chi connectivity index (χ1) is 9.21. The minimum absolute atomic E-state index is 0.162. The maximum atomic E-state index is 12.3. The Bertz CT molecular complexity index is 621. The minimum Gasteiger partial charge on any atom is -0.370 e. The molecule has 96 valence electrons. The maximum absolute atomic E-state index is 12.3. The van der Waals surface area contributed by atoms with Crippen LogP contribution in [0.2, 0.25) is 0 Å². The number of nitrogens with one attached hydrogen (secondary N) is 1. The molecule has 0 bridgehead atoms. The molecule has 2 aromatic rings. The van der Waals surface area contributed by atoms with Gasteiger partial charge in [-0.2, -0.15) is 0 Å².